The number of ether oxygens (including phenoxy) is 2. The fraction of sp³-hybridized carbons (Fsp3) is 0.167. The van der Waals surface area contributed by atoms with Crippen LogP contribution in [0.25, 0.3) is 0 Å². The fourth-order valence-corrected chi connectivity index (χ4v) is 2.24. The number of nitrogens with zero attached hydrogens (tertiary/aromatic N) is 1. The second-order valence-corrected chi connectivity index (χ2v) is 5.56. The molecule has 0 heterocycles. The first-order chi connectivity index (χ1) is 13.1. The molecule has 0 saturated heterocycles. The zero-order chi connectivity index (χ0) is 21.0. The lowest BCUT2D eigenvalue weighted by molar-refractivity contribution is -0.384. The molecule has 0 radical (unpaired) electrons. The molecule has 1 atom stereocenters. The molecule has 146 valence electrons. The highest BCUT2D eigenvalue weighted by molar-refractivity contribution is 6.02. The molecule has 0 aliphatic rings. The van der Waals surface area contributed by atoms with Gasteiger partial charge in [0.05, 0.1) is 23.2 Å². The van der Waals surface area contributed by atoms with Crippen LogP contribution in [0.1, 0.15) is 38.0 Å². The number of non-ortho nitro benzene ring substituents is 1. The maximum atomic E-state index is 13.3. The minimum atomic E-state index is -1.40. The minimum Gasteiger partial charge on any atom is -0.465 e. The average Bonchev–Trinajstić information content (AvgIpc) is 2.68. The molecule has 2 aromatic carbocycles. The van der Waals surface area contributed by atoms with Gasteiger partial charge >= 0.3 is 11.9 Å². The first-order valence-corrected chi connectivity index (χ1v) is 7.72. The highest BCUT2D eigenvalue weighted by Crippen LogP contribution is 2.20. The first kappa shape index (κ1) is 20.6. The van der Waals surface area contributed by atoms with Crippen molar-refractivity contribution in [2.24, 2.45) is 0 Å². The number of halogens is 2. The minimum absolute atomic E-state index is 0.228. The number of hydrogen-bond donors (Lipinski definition) is 0. The van der Waals surface area contributed by atoms with Crippen molar-refractivity contribution in [1.82, 2.24) is 0 Å². The third kappa shape index (κ3) is 4.53. The van der Waals surface area contributed by atoms with Gasteiger partial charge in [0.15, 0.2) is 17.7 Å². The molecule has 10 heteroatoms. The Labute approximate surface area is 156 Å². The molecular weight excluding hydrogens is 380 g/mol. The SMILES string of the molecule is COC(=O)c1cc(C(=O)OC(C)C(=O)c2ccc(F)c(F)c2)cc([N+](=O)[O-])c1. The van der Waals surface area contributed by atoms with E-state index in [0.29, 0.717) is 6.07 Å². The van der Waals surface area contributed by atoms with Crippen LogP contribution in [0.15, 0.2) is 36.4 Å². The van der Waals surface area contributed by atoms with Gasteiger partial charge in [0.25, 0.3) is 5.69 Å². The summed E-state index contributed by atoms with van der Waals surface area (Å²) in [6.07, 6.45) is -1.40. The molecule has 0 saturated carbocycles. The number of nitro groups is 1. The first-order valence-electron chi connectivity index (χ1n) is 7.72. The molecule has 0 N–H and O–H groups in total. The largest absolute Gasteiger partial charge is 0.465 e. The van der Waals surface area contributed by atoms with Crippen molar-refractivity contribution >= 4 is 23.4 Å². The summed E-state index contributed by atoms with van der Waals surface area (Å²) in [4.78, 5) is 46.3. The van der Waals surface area contributed by atoms with Crippen LogP contribution in [-0.2, 0) is 9.47 Å². The van der Waals surface area contributed by atoms with Gasteiger partial charge in [0.2, 0.25) is 5.78 Å². The van der Waals surface area contributed by atoms with Crippen LogP contribution in [0.2, 0.25) is 0 Å². The van der Waals surface area contributed by atoms with Crippen LogP contribution in [0.5, 0.6) is 0 Å². The molecule has 0 spiro atoms. The Morgan fingerprint density at radius 3 is 2.11 bits per heavy atom. The molecule has 2 aromatic rings. The lowest BCUT2D eigenvalue weighted by Gasteiger charge is -2.13. The van der Waals surface area contributed by atoms with Gasteiger partial charge in [-0.1, -0.05) is 0 Å². The maximum Gasteiger partial charge on any atom is 0.339 e. The molecule has 0 fully saturated rings. The highest BCUT2D eigenvalue weighted by atomic mass is 19.2. The number of Topliss-reactive ketones (excluding diaryl/α,β-unsaturated/α-hetero) is 1. The summed E-state index contributed by atoms with van der Waals surface area (Å²) < 4.78 is 35.6. The van der Waals surface area contributed by atoms with E-state index in [4.69, 9.17) is 4.74 Å². The molecule has 2 rings (SSSR count). The van der Waals surface area contributed by atoms with E-state index in [1.807, 2.05) is 0 Å². The number of ketones is 1. The molecule has 8 nitrogen and oxygen atoms in total. The average molecular weight is 393 g/mol. The van der Waals surface area contributed by atoms with Gasteiger partial charge in [-0.2, -0.15) is 0 Å². The maximum absolute atomic E-state index is 13.3. The van der Waals surface area contributed by atoms with Crippen molar-refractivity contribution in [1.29, 1.82) is 0 Å². The Hall–Kier alpha value is -3.69. The van der Waals surface area contributed by atoms with Crippen molar-refractivity contribution in [3.8, 4) is 0 Å². The lowest BCUT2D eigenvalue weighted by atomic mass is 10.1. The number of carbonyl (C=O) groups is 3. The molecule has 0 aliphatic heterocycles. The predicted octanol–water partition coefficient (Wildman–Crippen LogP) is 3.09. The third-order valence-corrected chi connectivity index (χ3v) is 3.64. The van der Waals surface area contributed by atoms with E-state index in [1.54, 1.807) is 0 Å². The number of esters is 2. The van der Waals surface area contributed by atoms with E-state index in [2.05, 4.69) is 4.74 Å². The van der Waals surface area contributed by atoms with E-state index < -0.39 is 46.1 Å². The Bertz CT molecular complexity index is 974. The van der Waals surface area contributed by atoms with E-state index in [0.717, 1.165) is 37.4 Å². The standard InChI is InChI=1S/C18H13F2NO7/c1-9(16(22)10-3-4-14(19)15(20)8-10)28-18(24)12-5-11(17(23)27-2)6-13(7-12)21(25)26/h3-9H,1-2H3. The molecule has 0 amide bonds. The smallest absolute Gasteiger partial charge is 0.339 e. The van der Waals surface area contributed by atoms with Crippen molar-refractivity contribution < 1.29 is 37.6 Å². The fourth-order valence-electron chi connectivity index (χ4n) is 2.24. The number of hydrogen-bond acceptors (Lipinski definition) is 7. The summed E-state index contributed by atoms with van der Waals surface area (Å²) in [5.74, 6) is -5.24. The van der Waals surface area contributed by atoms with Gasteiger partial charge < -0.3 is 9.47 Å². The Morgan fingerprint density at radius 1 is 0.964 bits per heavy atom. The summed E-state index contributed by atoms with van der Waals surface area (Å²) in [5.41, 5.74) is -1.41. The molecule has 1 unspecified atom stereocenters. The summed E-state index contributed by atoms with van der Waals surface area (Å²) in [5, 5.41) is 11.0. The van der Waals surface area contributed by atoms with Gasteiger partial charge in [-0.05, 0) is 31.2 Å². The highest BCUT2D eigenvalue weighted by Gasteiger charge is 2.24. The summed E-state index contributed by atoms with van der Waals surface area (Å²) >= 11 is 0. The van der Waals surface area contributed by atoms with Gasteiger partial charge in [0, 0.05) is 17.7 Å². The zero-order valence-corrected chi connectivity index (χ0v) is 14.6. The number of rotatable bonds is 6. The van der Waals surface area contributed by atoms with Gasteiger partial charge in [-0.3, -0.25) is 14.9 Å². The monoisotopic (exact) mass is 393 g/mol. The van der Waals surface area contributed by atoms with Crippen molar-refractivity contribution in [3.05, 3.63) is 74.8 Å². The predicted molar refractivity (Wildman–Crippen MR) is 90.0 cm³/mol. The summed E-state index contributed by atoms with van der Waals surface area (Å²) in [7, 11) is 1.06. The van der Waals surface area contributed by atoms with Gasteiger partial charge in [-0.15, -0.1) is 0 Å². The van der Waals surface area contributed by atoms with Crippen LogP contribution in [0.4, 0.5) is 14.5 Å². The Kier molecular flexibility index (Phi) is 6.14. The molecule has 0 bridgehead atoms. The molecule has 28 heavy (non-hydrogen) atoms. The van der Waals surface area contributed by atoms with E-state index in [9.17, 15) is 33.3 Å². The topological polar surface area (TPSA) is 113 Å². The number of benzene rings is 2. The molecule has 0 aliphatic carbocycles. The van der Waals surface area contributed by atoms with E-state index in [1.165, 1.54) is 6.92 Å². The second-order valence-electron chi connectivity index (χ2n) is 5.56. The number of methoxy groups -OCH3 is 1. The lowest BCUT2D eigenvalue weighted by Crippen LogP contribution is -2.25. The summed E-state index contributed by atoms with van der Waals surface area (Å²) in [6, 6.07) is 5.22. The third-order valence-electron chi connectivity index (χ3n) is 3.64. The van der Waals surface area contributed by atoms with E-state index >= 15 is 0 Å². The second kappa shape index (κ2) is 8.33. The van der Waals surface area contributed by atoms with Gasteiger partial charge in [0.1, 0.15) is 0 Å². The quantitative estimate of drug-likeness (QED) is 0.321. The van der Waals surface area contributed by atoms with Crippen LogP contribution < -0.4 is 0 Å². The normalized spacial score (nSPS) is 11.4. The van der Waals surface area contributed by atoms with E-state index in [-0.39, 0.29) is 16.7 Å². The van der Waals surface area contributed by atoms with Crippen molar-refractivity contribution in [2.75, 3.05) is 7.11 Å². The van der Waals surface area contributed by atoms with Crippen LogP contribution in [0.3, 0.4) is 0 Å². The zero-order valence-electron chi connectivity index (χ0n) is 14.6. The summed E-state index contributed by atoms with van der Waals surface area (Å²) in [6.45, 7) is 1.19. The van der Waals surface area contributed by atoms with Crippen LogP contribution >= 0.6 is 0 Å². The van der Waals surface area contributed by atoms with Crippen LogP contribution in [0, 0.1) is 21.7 Å². The van der Waals surface area contributed by atoms with Crippen molar-refractivity contribution in [3.63, 3.8) is 0 Å². The van der Waals surface area contributed by atoms with Crippen LogP contribution in [-0.4, -0.2) is 35.9 Å². The Balaban J connectivity index is 2.26. The van der Waals surface area contributed by atoms with Gasteiger partial charge in [-0.25, -0.2) is 18.4 Å². The molecule has 0 aromatic heterocycles. The molecular formula is C18H13F2NO7. The number of nitro benzene ring substituents is 1. The van der Waals surface area contributed by atoms with Crippen molar-refractivity contribution in [2.45, 2.75) is 13.0 Å². The number of carbonyl (C=O) groups excluding carboxylic acids is 3. The Morgan fingerprint density at radius 2 is 1.57 bits per heavy atom.